The molecule has 1 heterocycles. The first kappa shape index (κ1) is 22.1. The molecule has 1 amide bonds. The molecule has 1 aliphatic heterocycles. The van der Waals surface area contributed by atoms with Crippen molar-refractivity contribution in [3.63, 3.8) is 0 Å². The van der Waals surface area contributed by atoms with Crippen LogP contribution >= 0.6 is 23.2 Å². The van der Waals surface area contributed by atoms with Crippen molar-refractivity contribution in [3.8, 4) is 0 Å². The molecule has 0 saturated carbocycles. The molecule has 1 N–H and O–H groups in total. The van der Waals surface area contributed by atoms with E-state index in [1.807, 2.05) is 31.2 Å². The molecule has 6 nitrogen and oxygen atoms in total. The van der Waals surface area contributed by atoms with Gasteiger partial charge in [0, 0.05) is 24.7 Å². The molecule has 0 fully saturated rings. The summed E-state index contributed by atoms with van der Waals surface area (Å²) in [5.41, 5.74) is 2.51. The number of hydrogen-bond acceptors (Lipinski definition) is 3. The van der Waals surface area contributed by atoms with Crippen molar-refractivity contribution in [3.05, 3.63) is 63.6 Å². The molecule has 2 aromatic rings. The van der Waals surface area contributed by atoms with E-state index >= 15 is 0 Å². The highest BCUT2D eigenvalue weighted by atomic mass is 35.5. The van der Waals surface area contributed by atoms with Crippen molar-refractivity contribution in [1.29, 1.82) is 0 Å². The van der Waals surface area contributed by atoms with Gasteiger partial charge in [-0.2, -0.15) is 17.0 Å². The second-order valence-corrected chi connectivity index (χ2v) is 9.64. The molecule has 0 spiro atoms. The van der Waals surface area contributed by atoms with Crippen LogP contribution in [0.4, 0.5) is 5.69 Å². The van der Waals surface area contributed by atoms with E-state index in [-0.39, 0.29) is 13.1 Å². The molecule has 2 aromatic carbocycles. The van der Waals surface area contributed by atoms with Crippen LogP contribution in [0.5, 0.6) is 0 Å². The van der Waals surface area contributed by atoms with Crippen LogP contribution in [0.2, 0.25) is 10.0 Å². The minimum atomic E-state index is -3.79. The number of rotatable bonds is 7. The maximum absolute atomic E-state index is 13.2. The van der Waals surface area contributed by atoms with Crippen molar-refractivity contribution in [2.24, 2.45) is 0 Å². The van der Waals surface area contributed by atoms with E-state index in [0.717, 1.165) is 11.1 Å². The molecule has 29 heavy (non-hydrogen) atoms. The first-order valence-corrected chi connectivity index (χ1v) is 11.5. The molecule has 0 radical (unpaired) electrons. The normalized spacial score (nSPS) is 14.6. The topological polar surface area (TPSA) is 69.7 Å². The quantitative estimate of drug-likeness (QED) is 0.686. The zero-order valence-electron chi connectivity index (χ0n) is 16.1. The van der Waals surface area contributed by atoms with E-state index < -0.39 is 16.1 Å². The van der Waals surface area contributed by atoms with Crippen LogP contribution in [0.1, 0.15) is 24.5 Å². The van der Waals surface area contributed by atoms with Gasteiger partial charge in [-0.1, -0.05) is 54.4 Å². The summed E-state index contributed by atoms with van der Waals surface area (Å²) in [7, 11) is -3.79. The van der Waals surface area contributed by atoms with E-state index in [1.165, 1.54) is 14.7 Å². The number of benzene rings is 2. The van der Waals surface area contributed by atoms with Crippen molar-refractivity contribution >= 4 is 45.0 Å². The van der Waals surface area contributed by atoms with Gasteiger partial charge >= 0.3 is 0 Å². The average molecular weight is 456 g/mol. The molecule has 1 aliphatic rings. The van der Waals surface area contributed by atoms with E-state index in [0.29, 0.717) is 41.7 Å². The number of amides is 1. The molecule has 0 aromatic heterocycles. The van der Waals surface area contributed by atoms with Gasteiger partial charge < -0.3 is 5.32 Å². The summed E-state index contributed by atoms with van der Waals surface area (Å²) in [5, 5.41) is 3.41. The summed E-state index contributed by atoms with van der Waals surface area (Å²) >= 11 is 12.0. The third-order valence-electron chi connectivity index (χ3n) is 4.74. The maximum atomic E-state index is 13.2. The molecule has 0 saturated heterocycles. The lowest BCUT2D eigenvalue weighted by Gasteiger charge is -2.32. The van der Waals surface area contributed by atoms with Gasteiger partial charge in [0.2, 0.25) is 5.91 Å². The number of fused-ring (bicyclic) bond motifs is 1. The fourth-order valence-electron chi connectivity index (χ4n) is 3.30. The van der Waals surface area contributed by atoms with Crippen LogP contribution in [0, 0.1) is 0 Å². The van der Waals surface area contributed by atoms with E-state index in [4.69, 9.17) is 23.2 Å². The largest absolute Gasteiger partial charge is 0.324 e. The predicted molar refractivity (Wildman–Crippen MR) is 116 cm³/mol. The van der Waals surface area contributed by atoms with Gasteiger partial charge in [-0.25, -0.2) is 0 Å². The number of hydrogen-bond donors (Lipinski definition) is 1. The fourth-order valence-corrected chi connectivity index (χ4v) is 5.28. The Balaban J connectivity index is 1.74. The summed E-state index contributed by atoms with van der Waals surface area (Å²) in [4.78, 5) is 12.6. The van der Waals surface area contributed by atoms with Gasteiger partial charge in [0.1, 0.15) is 0 Å². The maximum Gasteiger partial charge on any atom is 0.282 e. The minimum Gasteiger partial charge on any atom is -0.324 e. The second kappa shape index (κ2) is 9.45. The molecule has 0 atom stereocenters. The molecule has 0 aliphatic carbocycles. The molecule has 0 bridgehead atoms. The predicted octanol–water partition coefficient (Wildman–Crippen LogP) is 3.95. The van der Waals surface area contributed by atoms with Crippen molar-refractivity contribution in [2.75, 3.05) is 25.0 Å². The highest BCUT2D eigenvalue weighted by Gasteiger charge is 2.33. The molecule has 156 valence electrons. The van der Waals surface area contributed by atoms with Crippen molar-refractivity contribution < 1.29 is 13.2 Å². The monoisotopic (exact) mass is 455 g/mol. The molecular formula is C20H23Cl2N3O3S. The Morgan fingerprint density at radius 3 is 2.62 bits per heavy atom. The highest BCUT2D eigenvalue weighted by Crippen LogP contribution is 2.26. The molecule has 9 heteroatoms. The lowest BCUT2D eigenvalue weighted by atomic mass is 10.0. The SMILES string of the molecule is CCCN(CC(=O)Nc1cc(Cl)ccc1Cl)S(=O)(=O)N1CCc2ccccc2C1. The fraction of sp³-hybridized carbons (Fsp3) is 0.350. The molecular weight excluding hydrogens is 433 g/mol. The zero-order valence-corrected chi connectivity index (χ0v) is 18.4. The summed E-state index contributed by atoms with van der Waals surface area (Å²) < 4.78 is 29.1. The number of nitrogens with zero attached hydrogens (tertiary/aromatic N) is 2. The third kappa shape index (κ3) is 5.29. The van der Waals surface area contributed by atoms with Crippen LogP contribution < -0.4 is 5.32 Å². The lowest BCUT2D eigenvalue weighted by Crippen LogP contribution is -2.48. The van der Waals surface area contributed by atoms with Gasteiger partial charge in [0.05, 0.1) is 17.3 Å². The lowest BCUT2D eigenvalue weighted by molar-refractivity contribution is -0.116. The Morgan fingerprint density at radius 2 is 1.90 bits per heavy atom. The van der Waals surface area contributed by atoms with E-state index in [1.54, 1.807) is 12.1 Å². The Kier molecular flexibility index (Phi) is 7.19. The Bertz CT molecular complexity index is 998. The van der Waals surface area contributed by atoms with Crippen LogP contribution in [-0.4, -0.2) is 42.6 Å². The average Bonchev–Trinajstić information content (AvgIpc) is 2.70. The van der Waals surface area contributed by atoms with E-state index in [2.05, 4.69) is 5.32 Å². The zero-order chi connectivity index (χ0) is 21.0. The highest BCUT2D eigenvalue weighted by molar-refractivity contribution is 7.86. The van der Waals surface area contributed by atoms with Gasteiger partial charge in [-0.3, -0.25) is 4.79 Å². The van der Waals surface area contributed by atoms with Gasteiger partial charge in [0.15, 0.2) is 0 Å². The summed E-state index contributed by atoms with van der Waals surface area (Å²) in [6.45, 7) is 2.52. The first-order valence-electron chi connectivity index (χ1n) is 9.38. The number of carbonyl (C=O) groups is 1. The molecule has 0 unspecified atom stereocenters. The first-order chi connectivity index (χ1) is 13.8. The Labute approximate surface area is 181 Å². The summed E-state index contributed by atoms with van der Waals surface area (Å²) in [5.74, 6) is -0.469. The van der Waals surface area contributed by atoms with Gasteiger partial charge in [0.25, 0.3) is 10.2 Å². The smallest absolute Gasteiger partial charge is 0.282 e. The van der Waals surface area contributed by atoms with Crippen molar-refractivity contribution in [2.45, 2.75) is 26.3 Å². The summed E-state index contributed by atoms with van der Waals surface area (Å²) in [6.07, 6.45) is 1.24. The van der Waals surface area contributed by atoms with Crippen molar-refractivity contribution in [1.82, 2.24) is 8.61 Å². The second-order valence-electron chi connectivity index (χ2n) is 6.87. The van der Waals surface area contributed by atoms with Crippen LogP contribution in [-0.2, 0) is 28.0 Å². The number of nitrogens with one attached hydrogen (secondary N) is 1. The number of anilines is 1. The van der Waals surface area contributed by atoms with Crippen LogP contribution in [0.25, 0.3) is 0 Å². The standard InChI is InChI=1S/C20H23Cl2N3O3S/c1-2-10-24(14-20(26)23-19-12-17(21)7-8-18(19)22)29(27,28)25-11-9-15-5-3-4-6-16(15)13-25/h3-8,12H,2,9-11,13-14H2,1H3,(H,23,26). The van der Waals surface area contributed by atoms with Gasteiger partial charge in [-0.05, 0) is 42.2 Å². The Morgan fingerprint density at radius 1 is 1.17 bits per heavy atom. The van der Waals surface area contributed by atoms with E-state index in [9.17, 15) is 13.2 Å². The number of carbonyl (C=O) groups excluding carboxylic acids is 1. The van der Waals surface area contributed by atoms with Crippen LogP contribution in [0.15, 0.2) is 42.5 Å². The summed E-state index contributed by atoms with van der Waals surface area (Å²) in [6, 6.07) is 12.5. The van der Waals surface area contributed by atoms with Gasteiger partial charge in [-0.15, -0.1) is 0 Å². The number of halogens is 2. The van der Waals surface area contributed by atoms with Crippen LogP contribution in [0.3, 0.4) is 0 Å². The third-order valence-corrected chi connectivity index (χ3v) is 7.24. The molecule has 3 rings (SSSR count). The minimum absolute atomic E-state index is 0.247. The Hall–Kier alpha value is -1.64.